The molecule has 0 aliphatic carbocycles. The normalized spacial score (nSPS) is 18.4. The Bertz CT molecular complexity index is 1220. The van der Waals surface area contributed by atoms with Crippen molar-refractivity contribution in [2.75, 3.05) is 62.7 Å². The van der Waals surface area contributed by atoms with Gasteiger partial charge in [0.1, 0.15) is 5.75 Å². The van der Waals surface area contributed by atoms with Crippen molar-refractivity contribution >= 4 is 33.2 Å². The summed E-state index contributed by atoms with van der Waals surface area (Å²) in [5, 5.41) is 2.83. The van der Waals surface area contributed by atoms with Gasteiger partial charge in [0.15, 0.2) is 6.10 Å². The minimum Gasteiger partial charge on any atom is -0.479 e. The summed E-state index contributed by atoms with van der Waals surface area (Å²) in [4.78, 5) is 29.8. The summed E-state index contributed by atoms with van der Waals surface area (Å²) in [5.74, 6) is 0.0423. The molecule has 1 N–H and O–H groups in total. The molecular weight excluding hydrogens is 496 g/mol. The van der Waals surface area contributed by atoms with E-state index in [1.54, 1.807) is 43.9 Å². The first-order valence-electron chi connectivity index (χ1n) is 12.6. The van der Waals surface area contributed by atoms with Crippen LogP contribution in [0.25, 0.3) is 0 Å². The van der Waals surface area contributed by atoms with Gasteiger partial charge in [0.2, 0.25) is 10.0 Å². The Morgan fingerprint density at radius 3 is 2.38 bits per heavy atom. The zero-order valence-corrected chi connectivity index (χ0v) is 22.3. The number of carbonyl (C=O) groups excluding carboxylic acids is 2. The van der Waals surface area contributed by atoms with Crippen molar-refractivity contribution in [3.05, 3.63) is 48.0 Å². The summed E-state index contributed by atoms with van der Waals surface area (Å²) in [6.07, 6.45) is -0.636. The minimum absolute atomic E-state index is 0.0997. The molecule has 1 atom stereocenters. The lowest BCUT2D eigenvalue weighted by Crippen LogP contribution is -2.48. The first-order chi connectivity index (χ1) is 17.7. The van der Waals surface area contributed by atoms with Crippen molar-refractivity contribution in [3.63, 3.8) is 0 Å². The lowest BCUT2D eigenvalue weighted by molar-refractivity contribution is -0.125. The number of hydrogen-bond donors (Lipinski definition) is 1. The summed E-state index contributed by atoms with van der Waals surface area (Å²) in [5.41, 5.74) is 1.51. The third-order valence-corrected chi connectivity index (χ3v) is 8.69. The maximum absolute atomic E-state index is 12.9. The van der Waals surface area contributed by atoms with Gasteiger partial charge in [0.05, 0.1) is 23.8 Å². The third kappa shape index (κ3) is 5.96. The molecule has 0 saturated carbocycles. The SMILES string of the molecule is CCN(CC)S(=O)(=O)c1ccc(C(=O)Nc2ccc3c(c2)OC(C)C(=O)N3CCN2CCOCC2)cc1. The number of carbonyl (C=O) groups is 2. The van der Waals surface area contributed by atoms with Crippen molar-refractivity contribution < 1.29 is 27.5 Å². The van der Waals surface area contributed by atoms with Crippen molar-refractivity contribution in [2.24, 2.45) is 0 Å². The molecule has 2 heterocycles. The monoisotopic (exact) mass is 530 g/mol. The first kappa shape index (κ1) is 27.1. The van der Waals surface area contributed by atoms with Crippen molar-refractivity contribution in [3.8, 4) is 5.75 Å². The Hall–Kier alpha value is -2.99. The van der Waals surface area contributed by atoms with Crippen LogP contribution in [0, 0.1) is 0 Å². The lowest BCUT2D eigenvalue weighted by Gasteiger charge is -2.35. The molecule has 1 saturated heterocycles. The highest BCUT2D eigenvalue weighted by atomic mass is 32.2. The fourth-order valence-electron chi connectivity index (χ4n) is 4.48. The highest BCUT2D eigenvalue weighted by molar-refractivity contribution is 7.89. The van der Waals surface area contributed by atoms with Crippen LogP contribution in [0.15, 0.2) is 47.4 Å². The molecule has 2 aromatic carbocycles. The molecule has 2 aromatic rings. The van der Waals surface area contributed by atoms with Crippen LogP contribution < -0.4 is 15.0 Å². The Balaban J connectivity index is 1.46. The van der Waals surface area contributed by atoms with E-state index in [9.17, 15) is 18.0 Å². The van der Waals surface area contributed by atoms with Gasteiger partial charge in [-0.2, -0.15) is 4.31 Å². The number of fused-ring (bicyclic) bond motifs is 1. The number of anilines is 2. The molecule has 2 aliphatic heterocycles. The van der Waals surface area contributed by atoms with Crippen LogP contribution in [0.2, 0.25) is 0 Å². The number of benzene rings is 2. The molecule has 200 valence electrons. The van der Waals surface area contributed by atoms with Gasteiger partial charge in [-0.1, -0.05) is 13.8 Å². The molecule has 1 fully saturated rings. The summed E-state index contributed by atoms with van der Waals surface area (Å²) in [6, 6.07) is 11.1. The predicted molar refractivity (Wildman–Crippen MR) is 141 cm³/mol. The maximum Gasteiger partial charge on any atom is 0.267 e. The number of sulfonamides is 1. The third-order valence-electron chi connectivity index (χ3n) is 6.63. The molecule has 2 amide bonds. The van der Waals surface area contributed by atoms with Gasteiger partial charge < -0.3 is 19.7 Å². The summed E-state index contributed by atoms with van der Waals surface area (Å²) < 4.78 is 38.0. The van der Waals surface area contributed by atoms with E-state index in [0.29, 0.717) is 55.5 Å². The van der Waals surface area contributed by atoms with Crippen molar-refractivity contribution in [1.29, 1.82) is 0 Å². The molecular formula is C26H34N4O6S. The van der Waals surface area contributed by atoms with Crippen LogP contribution >= 0.6 is 0 Å². The maximum atomic E-state index is 12.9. The summed E-state index contributed by atoms with van der Waals surface area (Å²) in [7, 11) is -3.60. The molecule has 10 nitrogen and oxygen atoms in total. The predicted octanol–water partition coefficient (Wildman–Crippen LogP) is 2.42. The number of nitrogens with zero attached hydrogens (tertiary/aromatic N) is 3. The van der Waals surface area contributed by atoms with Gasteiger partial charge in [0, 0.05) is 56.6 Å². The van der Waals surface area contributed by atoms with Crippen LogP contribution in [-0.2, 0) is 19.6 Å². The number of hydrogen-bond acceptors (Lipinski definition) is 7. The average molecular weight is 531 g/mol. The molecule has 0 aromatic heterocycles. The zero-order valence-electron chi connectivity index (χ0n) is 21.5. The second-order valence-electron chi connectivity index (χ2n) is 8.95. The van der Waals surface area contributed by atoms with Crippen LogP contribution in [0.4, 0.5) is 11.4 Å². The molecule has 4 rings (SSSR count). The van der Waals surface area contributed by atoms with E-state index in [4.69, 9.17) is 9.47 Å². The highest BCUT2D eigenvalue weighted by Gasteiger charge is 2.32. The molecule has 2 aliphatic rings. The second-order valence-corrected chi connectivity index (χ2v) is 10.9. The molecule has 0 radical (unpaired) electrons. The van der Waals surface area contributed by atoms with Gasteiger partial charge in [-0.05, 0) is 43.3 Å². The van der Waals surface area contributed by atoms with Gasteiger partial charge in [-0.15, -0.1) is 0 Å². The van der Waals surface area contributed by atoms with Crippen LogP contribution in [0.3, 0.4) is 0 Å². The quantitative estimate of drug-likeness (QED) is 0.530. The van der Waals surface area contributed by atoms with E-state index < -0.39 is 16.1 Å². The van der Waals surface area contributed by atoms with Crippen molar-refractivity contribution in [1.82, 2.24) is 9.21 Å². The number of ether oxygens (including phenoxy) is 2. The Labute approximate surface area is 218 Å². The molecule has 1 unspecified atom stereocenters. The van der Waals surface area contributed by atoms with E-state index in [1.165, 1.54) is 28.6 Å². The first-order valence-corrected chi connectivity index (χ1v) is 14.0. The average Bonchev–Trinajstić information content (AvgIpc) is 2.90. The number of rotatable bonds is 9. The van der Waals surface area contributed by atoms with Gasteiger partial charge in [-0.25, -0.2) is 8.42 Å². The summed E-state index contributed by atoms with van der Waals surface area (Å²) >= 11 is 0. The van der Waals surface area contributed by atoms with E-state index in [-0.39, 0.29) is 16.7 Å². The van der Waals surface area contributed by atoms with E-state index >= 15 is 0 Å². The number of morpholine rings is 1. The van der Waals surface area contributed by atoms with Gasteiger partial charge in [-0.3, -0.25) is 14.5 Å². The highest BCUT2D eigenvalue weighted by Crippen LogP contribution is 2.36. The largest absolute Gasteiger partial charge is 0.479 e. The van der Waals surface area contributed by atoms with E-state index in [0.717, 1.165) is 19.6 Å². The van der Waals surface area contributed by atoms with Gasteiger partial charge >= 0.3 is 0 Å². The molecule has 0 bridgehead atoms. The molecule has 37 heavy (non-hydrogen) atoms. The zero-order chi connectivity index (χ0) is 26.6. The van der Waals surface area contributed by atoms with E-state index in [2.05, 4.69) is 10.2 Å². The lowest BCUT2D eigenvalue weighted by atomic mass is 10.1. The summed E-state index contributed by atoms with van der Waals surface area (Å²) in [6.45, 7) is 10.4. The standard InChI is InChI=1S/C26H34N4O6S/c1-4-29(5-2)37(33,34)22-9-6-20(7-10-22)25(31)27-21-8-11-23-24(18-21)36-19(3)26(32)30(23)13-12-28-14-16-35-17-15-28/h6-11,18-19H,4-5,12-17H2,1-3H3,(H,27,31). The Morgan fingerprint density at radius 1 is 1.05 bits per heavy atom. The fourth-order valence-corrected chi connectivity index (χ4v) is 5.94. The smallest absolute Gasteiger partial charge is 0.267 e. The fraction of sp³-hybridized carbons (Fsp3) is 0.462. The number of nitrogens with one attached hydrogen (secondary N) is 1. The van der Waals surface area contributed by atoms with Crippen LogP contribution in [0.5, 0.6) is 5.75 Å². The van der Waals surface area contributed by atoms with Crippen molar-refractivity contribution in [2.45, 2.75) is 31.8 Å². The van der Waals surface area contributed by atoms with Crippen LogP contribution in [-0.4, -0.2) is 88.0 Å². The Morgan fingerprint density at radius 2 is 1.73 bits per heavy atom. The second kappa shape index (κ2) is 11.6. The van der Waals surface area contributed by atoms with Crippen LogP contribution in [0.1, 0.15) is 31.1 Å². The molecule has 11 heteroatoms. The minimum atomic E-state index is -3.60. The Kier molecular flexibility index (Phi) is 8.48. The molecule has 0 spiro atoms. The topological polar surface area (TPSA) is 108 Å². The van der Waals surface area contributed by atoms with Gasteiger partial charge in [0.25, 0.3) is 11.8 Å². The van der Waals surface area contributed by atoms with E-state index in [1.807, 2.05) is 0 Å². The number of amides is 2.